The highest BCUT2D eigenvalue weighted by atomic mass is 79.9. The van der Waals surface area contributed by atoms with Crippen LogP contribution in [0.25, 0.3) is 0 Å². The maximum atomic E-state index is 13.3. The van der Waals surface area contributed by atoms with Crippen LogP contribution in [0.4, 0.5) is 8.78 Å². The lowest BCUT2D eigenvalue weighted by atomic mass is 9.97. The molecule has 1 aliphatic rings. The molecule has 0 bridgehead atoms. The maximum absolute atomic E-state index is 13.3. The number of hydrogen-bond donors (Lipinski definition) is 0. The second-order valence-electron chi connectivity index (χ2n) is 5.97. The Morgan fingerprint density at radius 1 is 1.05 bits per heavy atom. The lowest BCUT2D eigenvalue weighted by Crippen LogP contribution is -2.24. The Morgan fingerprint density at radius 3 is 2.38 bits per heavy atom. The van der Waals surface area contributed by atoms with Crippen molar-refractivity contribution >= 4 is 15.9 Å². The van der Waals surface area contributed by atoms with E-state index in [1.165, 1.54) is 12.1 Å². The van der Waals surface area contributed by atoms with Gasteiger partial charge in [-0.05, 0) is 48.7 Å². The van der Waals surface area contributed by atoms with Crippen molar-refractivity contribution in [1.82, 2.24) is 0 Å². The van der Waals surface area contributed by atoms with Crippen LogP contribution in [0.2, 0.25) is 0 Å². The highest BCUT2D eigenvalue weighted by Gasteiger charge is 2.30. The molecule has 0 amide bonds. The minimum atomic E-state index is -0.569. The molecule has 21 heavy (non-hydrogen) atoms. The van der Waals surface area contributed by atoms with Gasteiger partial charge in [0.2, 0.25) is 0 Å². The number of fused-ring (bicyclic) bond motifs is 1. The highest BCUT2D eigenvalue weighted by Crippen LogP contribution is 2.39. The van der Waals surface area contributed by atoms with Crippen LogP contribution in [0.5, 0.6) is 5.75 Å². The summed E-state index contributed by atoms with van der Waals surface area (Å²) in [6.45, 7) is 4.08. The van der Waals surface area contributed by atoms with Crippen LogP contribution in [0, 0.1) is 11.6 Å². The van der Waals surface area contributed by atoms with E-state index in [0.29, 0.717) is 5.56 Å². The molecule has 0 spiro atoms. The van der Waals surface area contributed by atoms with E-state index >= 15 is 0 Å². The summed E-state index contributed by atoms with van der Waals surface area (Å²) in [4.78, 5) is -0.253. The molecule has 1 atom stereocenters. The normalized spacial score (nSPS) is 17.2. The second-order valence-corrected chi connectivity index (χ2v) is 6.89. The fourth-order valence-corrected chi connectivity index (χ4v) is 3.25. The molecule has 0 N–H and O–H groups in total. The van der Waals surface area contributed by atoms with E-state index in [4.69, 9.17) is 4.74 Å². The molecule has 2 aromatic carbocycles. The summed E-state index contributed by atoms with van der Waals surface area (Å²) in [6.07, 6.45) is 0.827. The van der Waals surface area contributed by atoms with Gasteiger partial charge in [0.05, 0.1) is 4.83 Å². The molecule has 2 aromatic rings. The third-order valence-corrected chi connectivity index (χ3v) is 4.61. The van der Waals surface area contributed by atoms with E-state index in [1.807, 2.05) is 32.0 Å². The molecule has 0 radical (unpaired) electrons. The third-order valence-electron chi connectivity index (χ3n) is 3.56. The maximum Gasteiger partial charge on any atom is 0.126 e. The standard InChI is InChI=1S/C17H15BrF2O/c1-17(2)9-12-5-10(3-4-15(12)21-17)16(18)11-6-13(19)8-14(20)7-11/h3-8,16H,9H2,1-2H3. The van der Waals surface area contributed by atoms with E-state index in [2.05, 4.69) is 15.9 Å². The first-order valence-electron chi connectivity index (χ1n) is 6.76. The number of rotatable bonds is 2. The predicted molar refractivity (Wildman–Crippen MR) is 82.0 cm³/mol. The molecule has 1 unspecified atom stereocenters. The van der Waals surface area contributed by atoms with Crippen molar-refractivity contribution in [3.8, 4) is 5.75 Å². The molecule has 0 saturated heterocycles. The first-order valence-corrected chi connectivity index (χ1v) is 7.67. The van der Waals surface area contributed by atoms with Gasteiger partial charge < -0.3 is 4.74 Å². The van der Waals surface area contributed by atoms with Gasteiger partial charge in [0, 0.05) is 12.5 Å². The van der Waals surface area contributed by atoms with Gasteiger partial charge in [-0.15, -0.1) is 0 Å². The fourth-order valence-electron chi connectivity index (χ4n) is 2.70. The quantitative estimate of drug-likeness (QED) is 0.678. The smallest absolute Gasteiger partial charge is 0.126 e. The first kappa shape index (κ1) is 14.5. The Hall–Kier alpha value is -1.42. The van der Waals surface area contributed by atoms with Crippen LogP contribution in [-0.4, -0.2) is 5.60 Å². The van der Waals surface area contributed by atoms with Crippen LogP contribution in [-0.2, 0) is 6.42 Å². The summed E-state index contributed by atoms with van der Waals surface area (Å²) < 4.78 is 32.5. The van der Waals surface area contributed by atoms with Crippen LogP contribution in [0.15, 0.2) is 36.4 Å². The lowest BCUT2D eigenvalue weighted by molar-refractivity contribution is 0.138. The van der Waals surface area contributed by atoms with Crippen molar-refractivity contribution in [1.29, 1.82) is 0 Å². The van der Waals surface area contributed by atoms with E-state index in [-0.39, 0.29) is 10.4 Å². The average Bonchev–Trinajstić information content (AvgIpc) is 2.69. The molecule has 4 heteroatoms. The molecule has 0 aliphatic carbocycles. The lowest BCUT2D eigenvalue weighted by Gasteiger charge is -2.16. The number of ether oxygens (including phenoxy) is 1. The first-order chi connectivity index (χ1) is 9.84. The monoisotopic (exact) mass is 352 g/mol. The van der Waals surface area contributed by atoms with Crippen LogP contribution in [0.1, 0.15) is 35.4 Å². The Labute approximate surface area is 131 Å². The second kappa shape index (κ2) is 5.09. The topological polar surface area (TPSA) is 9.23 Å². The largest absolute Gasteiger partial charge is 0.487 e. The van der Waals surface area contributed by atoms with Gasteiger partial charge in [-0.1, -0.05) is 28.1 Å². The third kappa shape index (κ3) is 2.95. The van der Waals surface area contributed by atoms with E-state index in [0.717, 1.165) is 29.4 Å². The van der Waals surface area contributed by atoms with Gasteiger partial charge in [0.15, 0.2) is 0 Å². The molecule has 3 rings (SSSR count). The van der Waals surface area contributed by atoms with Gasteiger partial charge in [-0.3, -0.25) is 0 Å². The predicted octanol–water partition coefficient (Wildman–Crippen LogP) is 5.16. The van der Waals surface area contributed by atoms with Crippen LogP contribution < -0.4 is 4.74 Å². The number of halogens is 3. The summed E-state index contributed by atoms with van der Waals surface area (Å²) in [5, 5.41) is 0. The van der Waals surface area contributed by atoms with Gasteiger partial charge in [-0.2, -0.15) is 0 Å². The fraction of sp³-hybridized carbons (Fsp3) is 0.294. The number of alkyl halides is 1. The molecule has 1 aliphatic heterocycles. The Balaban J connectivity index is 1.95. The van der Waals surface area contributed by atoms with Gasteiger partial charge in [0.25, 0.3) is 0 Å². The van der Waals surface area contributed by atoms with Gasteiger partial charge >= 0.3 is 0 Å². The van der Waals surface area contributed by atoms with E-state index < -0.39 is 11.6 Å². The van der Waals surface area contributed by atoms with Crippen molar-refractivity contribution in [2.45, 2.75) is 30.7 Å². The molecule has 1 nitrogen and oxygen atoms in total. The number of benzene rings is 2. The molecule has 0 fully saturated rings. The average molecular weight is 353 g/mol. The zero-order valence-corrected chi connectivity index (χ0v) is 13.4. The molecule has 0 saturated carbocycles. The highest BCUT2D eigenvalue weighted by molar-refractivity contribution is 9.09. The summed E-state index contributed by atoms with van der Waals surface area (Å²) in [7, 11) is 0. The van der Waals surface area contributed by atoms with Crippen molar-refractivity contribution in [3.63, 3.8) is 0 Å². The SMILES string of the molecule is CC1(C)Cc2cc(C(Br)c3cc(F)cc(F)c3)ccc2O1. The molecule has 1 heterocycles. The minimum Gasteiger partial charge on any atom is -0.487 e. The van der Waals surface area contributed by atoms with Crippen molar-refractivity contribution < 1.29 is 13.5 Å². The van der Waals surface area contributed by atoms with Crippen LogP contribution >= 0.6 is 15.9 Å². The zero-order valence-electron chi connectivity index (χ0n) is 11.8. The summed E-state index contributed by atoms with van der Waals surface area (Å²) in [6, 6.07) is 9.44. The van der Waals surface area contributed by atoms with Crippen molar-refractivity contribution in [2.75, 3.05) is 0 Å². The Morgan fingerprint density at radius 2 is 1.71 bits per heavy atom. The Kier molecular flexibility index (Phi) is 3.52. The summed E-state index contributed by atoms with van der Waals surface area (Å²) >= 11 is 3.53. The van der Waals surface area contributed by atoms with Gasteiger partial charge in [0.1, 0.15) is 23.0 Å². The zero-order chi connectivity index (χ0) is 15.2. The molecular weight excluding hydrogens is 338 g/mol. The van der Waals surface area contributed by atoms with Crippen molar-refractivity contribution in [2.24, 2.45) is 0 Å². The van der Waals surface area contributed by atoms with Crippen molar-refractivity contribution in [3.05, 3.63) is 64.7 Å². The van der Waals surface area contributed by atoms with Gasteiger partial charge in [-0.25, -0.2) is 8.78 Å². The summed E-state index contributed by atoms with van der Waals surface area (Å²) in [5.41, 5.74) is 2.44. The van der Waals surface area contributed by atoms with E-state index in [1.54, 1.807) is 0 Å². The Bertz CT molecular complexity index is 677. The molecular formula is C17H15BrF2O. The van der Waals surface area contributed by atoms with Crippen LogP contribution in [0.3, 0.4) is 0 Å². The van der Waals surface area contributed by atoms with E-state index in [9.17, 15) is 8.78 Å². The molecule has 0 aromatic heterocycles. The summed E-state index contributed by atoms with van der Waals surface area (Å²) in [5.74, 6) is -0.256. The number of hydrogen-bond acceptors (Lipinski definition) is 1. The molecule has 110 valence electrons. The minimum absolute atomic E-state index is 0.201.